The first kappa shape index (κ1) is 19.4. The maximum Gasteiger partial charge on any atom is 0.189 e. The SMILES string of the molecule is CC(=O)c1c(C)[nH]c(C(=O)CSc2nc3ccccc3n2CC(C)C)c1C. The van der Waals surface area contributed by atoms with Crippen molar-refractivity contribution in [2.24, 2.45) is 5.92 Å². The lowest BCUT2D eigenvalue weighted by molar-refractivity contribution is 0.101. The van der Waals surface area contributed by atoms with Gasteiger partial charge < -0.3 is 9.55 Å². The average Bonchev–Trinajstić information content (AvgIpc) is 3.09. The van der Waals surface area contributed by atoms with E-state index in [0.717, 1.165) is 34.0 Å². The van der Waals surface area contributed by atoms with Crippen molar-refractivity contribution in [3.63, 3.8) is 0 Å². The molecule has 0 aliphatic carbocycles. The molecule has 2 heterocycles. The van der Waals surface area contributed by atoms with E-state index in [-0.39, 0.29) is 17.3 Å². The average molecular weight is 384 g/mol. The number of aryl methyl sites for hydroxylation is 1. The van der Waals surface area contributed by atoms with E-state index in [4.69, 9.17) is 4.98 Å². The van der Waals surface area contributed by atoms with E-state index in [1.54, 1.807) is 0 Å². The van der Waals surface area contributed by atoms with Crippen LogP contribution < -0.4 is 0 Å². The smallest absolute Gasteiger partial charge is 0.189 e. The third kappa shape index (κ3) is 3.86. The number of rotatable bonds is 7. The number of nitrogens with zero attached hydrogens (tertiary/aromatic N) is 2. The summed E-state index contributed by atoms with van der Waals surface area (Å²) < 4.78 is 2.19. The number of nitrogens with one attached hydrogen (secondary N) is 1. The minimum atomic E-state index is -0.0216. The van der Waals surface area contributed by atoms with Crippen LogP contribution >= 0.6 is 11.8 Å². The normalized spacial score (nSPS) is 11.5. The first-order valence-electron chi connectivity index (χ1n) is 9.11. The number of imidazole rings is 1. The summed E-state index contributed by atoms with van der Waals surface area (Å²) in [5, 5.41) is 0.853. The van der Waals surface area contributed by atoms with Crippen LogP contribution in [-0.4, -0.2) is 31.9 Å². The molecule has 6 heteroatoms. The standard InChI is InChI=1S/C21H25N3O2S/c1-12(2)10-24-17-9-7-6-8-16(17)23-21(24)27-11-18(26)20-13(3)19(15(5)25)14(4)22-20/h6-9,12,22H,10-11H2,1-5H3. The number of aromatic nitrogens is 3. The number of para-hydroxylation sites is 2. The molecule has 0 aliphatic rings. The largest absolute Gasteiger partial charge is 0.355 e. The fraction of sp³-hybridized carbons (Fsp3) is 0.381. The summed E-state index contributed by atoms with van der Waals surface area (Å²) in [4.78, 5) is 32.4. The Morgan fingerprint density at radius 1 is 1.22 bits per heavy atom. The summed E-state index contributed by atoms with van der Waals surface area (Å²) in [6.07, 6.45) is 0. The Morgan fingerprint density at radius 3 is 2.56 bits per heavy atom. The van der Waals surface area contributed by atoms with E-state index in [9.17, 15) is 9.59 Å². The molecule has 3 rings (SSSR count). The molecule has 0 radical (unpaired) electrons. The van der Waals surface area contributed by atoms with Gasteiger partial charge in [-0.2, -0.15) is 0 Å². The van der Waals surface area contributed by atoms with Gasteiger partial charge in [-0.3, -0.25) is 9.59 Å². The summed E-state index contributed by atoms with van der Waals surface area (Å²) in [5.74, 6) is 0.714. The molecule has 0 spiro atoms. The highest BCUT2D eigenvalue weighted by atomic mass is 32.2. The number of benzene rings is 1. The zero-order chi connectivity index (χ0) is 19.7. The van der Waals surface area contributed by atoms with Gasteiger partial charge >= 0.3 is 0 Å². The Hall–Kier alpha value is -2.34. The van der Waals surface area contributed by atoms with Gasteiger partial charge in [-0.05, 0) is 44.4 Å². The third-order valence-corrected chi connectivity index (χ3v) is 5.54. The Balaban J connectivity index is 1.86. The number of H-pyrrole nitrogens is 1. The van der Waals surface area contributed by atoms with Crippen molar-refractivity contribution in [1.82, 2.24) is 14.5 Å². The van der Waals surface area contributed by atoms with Crippen molar-refractivity contribution >= 4 is 34.4 Å². The summed E-state index contributed by atoms with van der Waals surface area (Å²) in [6, 6.07) is 8.04. The van der Waals surface area contributed by atoms with Crippen LogP contribution in [-0.2, 0) is 6.54 Å². The van der Waals surface area contributed by atoms with Gasteiger partial charge in [0.25, 0.3) is 0 Å². The van der Waals surface area contributed by atoms with Crippen LogP contribution in [0, 0.1) is 19.8 Å². The second-order valence-corrected chi connectivity index (χ2v) is 8.22. The van der Waals surface area contributed by atoms with Crippen LogP contribution in [0.2, 0.25) is 0 Å². The maximum atomic E-state index is 12.8. The number of carbonyl (C=O) groups excluding carboxylic acids is 2. The highest BCUT2D eigenvalue weighted by molar-refractivity contribution is 7.99. The van der Waals surface area contributed by atoms with Crippen molar-refractivity contribution in [2.45, 2.75) is 46.3 Å². The van der Waals surface area contributed by atoms with E-state index in [0.29, 0.717) is 17.2 Å². The fourth-order valence-corrected chi connectivity index (χ4v) is 4.36. The minimum Gasteiger partial charge on any atom is -0.355 e. The van der Waals surface area contributed by atoms with Crippen molar-refractivity contribution < 1.29 is 9.59 Å². The molecule has 27 heavy (non-hydrogen) atoms. The molecule has 0 atom stereocenters. The first-order valence-corrected chi connectivity index (χ1v) is 10.1. The van der Waals surface area contributed by atoms with Crippen LogP contribution in [0.1, 0.15) is 52.9 Å². The predicted octanol–water partition coefficient (Wildman–Crippen LogP) is 4.81. The van der Waals surface area contributed by atoms with Gasteiger partial charge in [0.1, 0.15) is 0 Å². The van der Waals surface area contributed by atoms with Gasteiger partial charge in [0.05, 0.1) is 22.5 Å². The maximum absolute atomic E-state index is 12.8. The van der Waals surface area contributed by atoms with E-state index in [1.165, 1.54) is 18.7 Å². The zero-order valence-corrected chi connectivity index (χ0v) is 17.2. The van der Waals surface area contributed by atoms with Crippen LogP contribution in [0.4, 0.5) is 0 Å². The van der Waals surface area contributed by atoms with Gasteiger partial charge in [-0.1, -0.05) is 37.7 Å². The van der Waals surface area contributed by atoms with Crippen LogP contribution in [0.3, 0.4) is 0 Å². The lowest BCUT2D eigenvalue weighted by Gasteiger charge is -2.11. The molecule has 142 valence electrons. The second kappa shape index (κ2) is 7.72. The van der Waals surface area contributed by atoms with Crippen LogP contribution in [0.25, 0.3) is 11.0 Å². The summed E-state index contributed by atoms with van der Waals surface area (Å²) in [6.45, 7) is 10.4. The van der Waals surface area contributed by atoms with E-state index < -0.39 is 0 Å². The third-order valence-electron chi connectivity index (χ3n) is 4.57. The molecule has 1 N–H and O–H groups in total. The van der Waals surface area contributed by atoms with Gasteiger partial charge in [-0.15, -0.1) is 0 Å². The molecule has 0 bridgehead atoms. The molecule has 2 aromatic heterocycles. The lowest BCUT2D eigenvalue weighted by atomic mass is 10.1. The van der Waals surface area contributed by atoms with Crippen LogP contribution in [0.15, 0.2) is 29.4 Å². The van der Waals surface area contributed by atoms with Crippen molar-refractivity contribution in [3.05, 3.63) is 46.8 Å². The number of aromatic amines is 1. The van der Waals surface area contributed by atoms with E-state index in [1.807, 2.05) is 32.0 Å². The van der Waals surface area contributed by atoms with Crippen LogP contribution in [0.5, 0.6) is 0 Å². The molecule has 0 amide bonds. The highest BCUT2D eigenvalue weighted by Gasteiger charge is 2.21. The molecule has 1 aromatic carbocycles. The number of carbonyl (C=O) groups is 2. The quantitative estimate of drug-likeness (QED) is 0.469. The minimum absolute atomic E-state index is 0.0174. The Morgan fingerprint density at radius 2 is 1.93 bits per heavy atom. The van der Waals surface area contributed by atoms with Crippen molar-refractivity contribution in [3.8, 4) is 0 Å². The lowest BCUT2D eigenvalue weighted by Crippen LogP contribution is -2.09. The zero-order valence-electron chi connectivity index (χ0n) is 16.4. The number of hydrogen-bond acceptors (Lipinski definition) is 4. The molecule has 5 nitrogen and oxygen atoms in total. The Bertz CT molecular complexity index is 1010. The molecule has 3 aromatic rings. The first-order chi connectivity index (χ1) is 12.8. The van der Waals surface area contributed by atoms with Gasteiger partial charge in [-0.25, -0.2) is 4.98 Å². The highest BCUT2D eigenvalue weighted by Crippen LogP contribution is 2.27. The number of ketones is 2. The molecular weight excluding hydrogens is 358 g/mol. The monoisotopic (exact) mass is 383 g/mol. The summed E-state index contributed by atoms with van der Waals surface area (Å²) >= 11 is 1.45. The van der Waals surface area contributed by atoms with E-state index in [2.05, 4.69) is 29.5 Å². The van der Waals surface area contributed by atoms with Crippen molar-refractivity contribution in [1.29, 1.82) is 0 Å². The second-order valence-electron chi connectivity index (χ2n) is 7.28. The molecule has 0 saturated heterocycles. The number of hydrogen-bond donors (Lipinski definition) is 1. The Labute approximate surface area is 163 Å². The molecule has 0 unspecified atom stereocenters. The molecule has 0 fully saturated rings. The molecular formula is C21H25N3O2S. The number of thioether (sulfide) groups is 1. The topological polar surface area (TPSA) is 67.8 Å². The predicted molar refractivity (Wildman–Crippen MR) is 110 cm³/mol. The number of Topliss-reactive ketones (excluding diaryl/α,β-unsaturated/α-hetero) is 2. The van der Waals surface area contributed by atoms with E-state index >= 15 is 0 Å². The summed E-state index contributed by atoms with van der Waals surface area (Å²) in [5.41, 5.74) is 4.67. The number of fused-ring (bicyclic) bond motifs is 1. The molecule has 0 aliphatic heterocycles. The van der Waals surface area contributed by atoms with Gasteiger partial charge in [0.15, 0.2) is 16.7 Å². The summed E-state index contributed by atoms with van der Waals surface area (Å²) in [7, 11) is 0. The Kier molecular flexibility index (Phi) is 5.56. The molecule has 0 saturated carbocycles. The van der Waals surface area contributed by atoms with Crippen molar-refractivity contribution in [2.75, 3.05) is 5.75 Å². The fourth-order valence-electron chi connectivity index (χ4n) is 3.46. The van der Waals surface area contributed by atoms with Gasteiger partial charge in [0.2, 0.25) is 0 Å². The van der Waals surface area contributed by atoms with Gasteiger partial charge in [0, 0.05) is 17.8 Å².